The van der Waals surface area contributed by atoms with Crippen LogP contribution in [-0.4, -0.2) is 12.5 Å². The molecular formula is C24H22FNO3. The van der Waals surface area contributed by atoms with E-state index < -0.39 is 5.97 Å². The number of fused-ring (bicyclic) bond motifs is 1. The highest BCUT2D eigenvalue weighted by molar-refractivity contribution is 5.96. The van der Waals surface area contributed by atoms with Gasteiger partial charge in [-0.25, -0.2) is 9.18 Å². The number of ether oxygens (including phenoxy) is 2. The van der Waals surface area contributed by atoms with E-state index >= 15 is 4.39 Å². The minimum Gasteiger partial charge on any atom is -0.488 e. The molecule has 148 valence electrons. The minimum atomic E-state index is -0.621. The zero-order chi connectivity index (χ0) is 20.2. The quantitative estimate of drug-likeness (QED) is 0.511. The third kappa shape index (κ3) is 4.00. The molecule has 0 atom stereocenters. The fraction of sp³-hybridized carbons (Fsp3) is 0.208. The number of nitrogens with one attached hydrogen (secondary N) is 1. The number of hydrogen-bond donors (Lipinski definition) is 1. The molecule has 0 saturated carbocycles. The smallest absolute Gasteiger partial charge is 0.347 e. The van der Waals surface area contributed by atoms with Gasteiger partial charge in [-0.3, -0.25) is 0 Å². The van der Waals surface area contributed by atoms with Gasteiger partial charge in [0.1, 0.15) is 29.5 Å². The number of hydrogen-bond acceptors (Lipinski definition) is 4. The van der Waals surface area contributed by atoms with Crippen LogP contribution in [0.2, 0.25) is 0 Å². The van der Waals surface area contributed by atoms with E-state index in [-0.39, 0.29) is 23.6 Å². The summed E-state index contributed by atoms with van der Waals surface area (Å²) in [6.07, 6.45) is 0.553. The first kappa shape index (κ1) is 19.2. The Morgan fingerprint density at radius 1 is 1.03 bits per heavy atom. The molecule has 0 spiro atoms. The summed E-state index contributed by atoms with van der Waals surface area (Å²) in [6, 6.07) is 18.4. The second-order valence-corrected chi connectivity index (χ2v) is 7.00. The summed E-state index contributed by atoms with van der Waals surface area (Å²) in [5, 5.41) is 3.24. The molecule has 0 amide bonds. The second-order valence-electron chi connectivity index (χ2n) is 7.00. The summed E-state index contributed by atoms with van der Waals surface area (Å²) in [7, 11) is 0. The zero-order valence-electron chi connectivity index (χ0n) is 16.2. The fourth-order valence-electron chi connectivity index (χ4n) is 3.58. The van der Waals surface area contributed by atoms with Gasteiger partial charge in [-0.05, 0) is 43.1 Å². The van der Waals surface area contributed by atoms with Crippen molar-refractivity contribution < 1.29 is 18.7 Å². The lowest BCUT2D eigenvalue weighted by molar-refractivity contribution is 0.0727. The average molecular weight is 391 g/mol. The highest BCUT2D eigenvalue weighted by Gasteiger charge is 2.29. The monoisotopic (exact) mass is 391 g/mol. The summed E-state index contributed by atoms with van der Waals surface area (Å²) in [4.78, 5) is 13.0. The number of rotatable bonds is 5. The normalized spacial score (nSPS) is 12.9. The Bertz CT molecular complexity index is 1020. The van der Waals surface area contributed by atoms with Gasteiger partial charge in [0.15, 0.2) is 0 Å². The summed E-state index contributed by atoms with van der Waals surface area (Å²) < 4.78 is 26.7. The maximum Gasteiger partial charge on any atom is 0.347 e. The molecule has 1 N–H and O–H groups in total. The molecule has 0 bridgehead atoms. The topological polar surface area (TPSA) is 47.6 Å². The Hall–Kier alpha value is -3.18. The van der Waals surface area contributed by atoms with E-state index in [2.05, 4.69) is 5.32 Å². The molecule has 1 aliphatic rings. The van der Waals surface area contributed by atoms with E-state index in [1.165, 1.54) is 0 Å². The van der Waals surface area contributed by atoms with Gasteiger partial charge < -0.3 is 14.8 Å². The van der Waals surface area contributed by atoms with Gasteiger partial charge in [0.25, 0.3) is 0 Å². The molecule has 1 aliphatic heterocycles. The lowest BCUT2D eigenvalue weighted by Crippen LogP contribution is -2.27. The van der Waals surface area contributed by atoms with Gasteiger partial charge in [-0.2, -0.15) is 0 Å². The fourth-order valence-corrected chi connectivity index (χ4v) is 3.58. The Morgan fingerprint density at radius 2 is 1.72 bits per heavy atom. The first-order valence-corrected chi connectivity index (χ1v) is 9.63. The van der Waals surface area contributed by atoms with Gasteiger partial charge in [-0.15, -0.1) is 0 Å². The predicted octanol–water partition coefficient (Wildman–Crippen LogP) is 4.58. The van der Waals surface area contributed by atoms with Crippen LogP contribution in [0.5, 0.6) is 11.5 Å². The molecule has 0 aromatic heterocycles. The molecule has 0 unspecified atom stereocenters. The van der Waals surface area contributed by atoms with Crippen LogP contribution >= 0.6 is 0 Å². The van der Waals surface area contributed by atoms with Gasteiger partial charge >= 0.3 is 5.97 Å². The van der Waals surface area contributed by atoms with Gasteiger partial charge in [-0.1, -0.05) is 48.5 Å². The van der Waals surface area contributed by atoms with Crippen LogP contribution in [0.4, 0.5) is 4.39 Å². The Balaban J connectivity index is 1.75. The first-order valence-electron chi connectivity index (χ1n) is 9.63. The molecular weight excluding hydrogens is 369 g/mol. The summed E-state index contributed by atoms with van der Waals surface area (Å²) in [6.45, 7) is 3.02. The molecule has 3 aromatic rings. The minimum absolute atomic E-state index is 0.143. The number of benzene rings is 3. The molecule has 1 heterocycles. The number of carbonyl (C=O) groups excluding carboxylic acids is 1. The van der Waals surface area contributed by atoms with Gasteiger partial charge in [0.2, 0.25) is 0 Å². The standard InChI is InChI=1S/C24H22FNO3/c1-16-21(24(27)29-18-10-6-3-7-11-18)23(28-15-17-8-4-2-5-9-17)20-14-26-13-12-19(20)22(16)25/h2-11,26H,12-15H2,1H3. The van der Waals surface area contributed by atoms with Crippen LogP contribution in [0, 0.1) is 12.7 Å². The van der Waals surface area contributed by atoms with Crippen molar-refractivity contribution in [3.63, 3.8) is 0 Å². The SMILES string of the molecule is Cc1c(F)c2c(c(OCc3ccccc3)c1C(=O)Oc1ccccc1)CNCC2. The van der Waals surface area contributed by atoms with E-state index in [1.807, 2.05) is 36.4 Å². The van der Waals surface area contributed by atoms with Crippen molar-refractivity contribution in [2.24, 2.45) is 0 Å². The van der Waals surface area contributed by atoms with Crippen molar-refractivity contribution in [2.75, 3.05) is 6.54 Å². The number of carbonyl (C=O) groups is 1. The highest BCUT2D eigenvalue weighted by atomic mass is 19.1. The van der Waals surface area contributed by atoms with E-state index in [0.717, 1.165) is 5.56 Å². The van der Waals surface area contributed by atoms with Crippen LogP contribution in [0.3, 0.4) is 0 Å². The molecule has 3 aromatic carbocycles. The molecule has 0 radical (unpaired) electrons. The van der Waals surface area contributed by atoms with E-state index in [9.17, 15) is 4.79 Å². The van der Waals surface area contributed by atoms with Gasteiger partial charge in [0, 0.05) is 17.7 Å². The maximum atomic E-state index is 15.1. The van der Waals surface area contributed by atoms with Crippen LogP contribution in [0.1, 0.15) is 32.6 Å². The lowest BCUT2D eigenvalue weighted by Gasteiger charge is -2.25. The molecule has 29 heavy (non-hydrogen) atoms. The first-order chi connectivity index (χ1) is 14.1. The van der Waals surface area contributed by atoms with Crippen LogP contribution in [-0.2, 0) is 19.6 Å². The maximum absolute atomic E-state index is 15.1. The molecule has 4 rings (SSSR count). The van der Waals surface area contributed by atoms with Crippen LogP contribution < -0.4 is 14.8 Å². The van der Waals surface area contributed by atoms with Crippen molar-refractivity contribution in [1.29, 1.82) is 0 Å². The average Bonchev–Trinajstić information content (AvgIpc) is 2.76. The number of para-hydroxylation sites is 1. The number of halogens is 1. The predicted molar refractivity (Wildman–Crippen MR) is 109 cm³/mol. The Labute approximate surface area is 169 Å². The van der Waals surface area contributed by atoms with Crippen molar-refractivity contribution in [1.82, 2.24) is 5.32 Å². The highest BCUT2D eigenvalue weighted by Crippen LogP contribution is 2.36. The van der Waals surface area contributed by atoms with E-state index in [1.54, 1.807) is 31.2 Å². The molecule has 0 aliphatic carbocycles. The van der Waals surface area contributed by atoms with Crippen LogP contribution in [0.25, 0.3) is 0 Å². The van der Waals surface area contributed by atoms with Crippen molar-refractivity contribution >= 4 is 5.97 Å². The largest absolute Gasteiger partial charge is 0.488 e. The molecule has 4 nitrogen and oxygen atoms in total. The Kier molecular flexibility index (Phi) is 5.58. The summed E-state index contributed by atoms with van der Waals surface area (Å²) in [5.41, 5.74) is 2.67. The lowest BCUT2D eigenvalue weighted by atomic mass is 9.92. The third-order valence-electron chi connectivity index (χ3n) is 5.07. The van der Waals surface area contributed by atoms with Crippen LogP contribution in [0.15, 0.2) is 60.7 Å². The Morgan fingerprint density at radius 3 is 2.45 bits per heavy atom. The second kappa shape index (κ2) is 8.45. The zero-order valence-corrected chi connectivity index (χ0v) is 16.2. The van der Waals surface area contributed by atoms with Crippen molar-refractivity contribution in [3.8, 4) is 11.5 Å². The molecule has 0 saturated heterocycles. The summed E-state index contributed by atoms with van der Waals surface area (Å²) in [5.74, 6) is -0.171. The van der Waals surface area contributed by atoms with Crippen molar-refractivity contribution in [2.45, 2.75) is 26.5 Å². The summed E-state index contributed by atoms with van der Waals surface area (Å²) >= 11 is 0. The van der Waals surface area contributed by atoms with Gasteiger partial charge in [0.05, 0.1) is 0 Å². The molecule has 0 fully saturated rings. The molecule has 5 heteroatoms. The number of esters is 1. The van der Waals surface area contributed by atoms with E-state index in [4.69, 9.17) is 9.47 Å². The van der Waals surface area contributed by atoms with E-state index in [0.29, 0.717) is 42.1 Å². The third-order valence-corrected chi connectivity index (χ3v) is 5.07. The van der Waals surface area contributed by atoms with Crippen molar-refractivity contribution in [3.05, 3.63) is 94.3 Å².